The second-order valence-corrected chi connectivity index (χ2v) is 2.60. The molecule has 0 aliphatic carbocycles. The number of rotatable bonds is 2. The summed E-state index contributed by atoms with van der Waals surface area (Å²) in [6.07, 6.45) is 1.45. The summed E-state index contributed by atoms with van der Waals surface area (Å²) in [7, 11) is 0. The van der Waals surface area contributed by atoms with E-state index in [1.165, 1.54) is 6.21 Å². The van der Waals surface area contributed by atoms with Gasteiger partial charge in [-0.05, 0) is 5.56 Å². The fraction of sp³-hybridized carbons (Fsp3) is 0. The summed E-state index contributed by atoms with van der Waals surface area (Å²) in [5, 5.41) is 5.40. The van der Waals surface area contributed by atoms with E-state index >= 15 is 0 Å². The van der Waals surface area contributed by atoms with Gasteiger partial charge in [0.2, 0.25) is 0 Å². The van der Waals surface area contributed by atoms with Gasteiger partial charge in [-0.25, -0.2) is 15.0 Å². The van der Waals surface area contributed by atoms with Crippen molar-refractivity contribution in [1.82, 2.24) is 10.7 Å². The van der Waals surface area contributed by atoms with Crippen LogP contribution >= 0.6 is 0 Å². The van der Waals surface area contributed by atoms with Crippen molar-refractivity contribution >= 4 is 18.3 Å². The molecule has 0 saturated heterocycles. The van der Waals surface area contributed by atoms with Crippen molar-refractivity contribution in [3.8, 4) is 0 Å². The molecule has 0 aromatic heterocycles. The van der Waals surface area contributed by atoms with E-state index < -0.39 is 12.1 Å². The van der Waals surface area contributed by atoms with Crippen LogP contribution < -0.4 is 16.5 Å². The smallest absolute Gasteiger partial charge is 0.343 e. The van der Waals surface area contributed by atoms with Crippen LogP contribution in [0.3, 0.4) is 0 Å². The summed E-state index contributed by atoms with van der Waals surface area (Å²) >= 11 is 0. The van der Waals surface area contributed by atoms with E-state index in [2.05, 4.69) is 10.5 Å². The lowest BCUT2D eigenvalue weighted by Gasteiger charge is -1.97. The van der Waals surface area contributed by atoms with E-state index in [1.54, 1.807) is 5.32 Å². The first-order valence-electron chi connectivity index (χ1n) is 4.13. The number of imide groups is 1. The number of nitrogens with two attached hydrogens (primary N) is 1. The molecule has 1 rings (SSSR count). The molecule has 0 aliphatic heterocycles. The molecule has 0 spiro atoms. The van der Waals surface area contributed by atoms with Gasteiger partial charge in [0.15, 0.2) is 0 Å². The third kappa shape index (κ3) is 4.41. The normalized spacial score (nSPS) is 9.87. The van der Waals surface area contributed by atoms with Crippen molar-refractivity contribution in [2.24, 2.45) is 10.8 Å². The molecule has 0 heterocycles. The topological polar surface area (TPSA) is 96.6 Å². The molecular formula is C9H10N4O2. The maximum atomic E-state index is 10.8. The summed E-state index contributed by atoms with van der Waals surface area (Å²) in [6, 6.07) is 7.48. The van der Waals surface area contributed by atoms with Gasteiger partial charge in [-0.1, -0.05) is 30.3 Å². The number of carbonyl (C=O) groups excluding carboxylic acids is 2. The highest BCUT2D eigenvalue weighted by Gasteiger charge is 1.99. The molecule has 0 bridgehead atoms. The zero-order valence-corrected chi connectivity index (χ0v) is 7.81. The molecule has 0 unspecified atom stereocenters. The molecule has 78 valence electrons. The number of hydrogen-bond acceptors (Lipinski definition) is 3. The third-order valence-electron chi connectivity index (χ3n) is 1.42. The highest BCUT2D eigenvalue weighted by atomic mass is 16.2. The number of urea groups is 2. The number of carbonyl (C=O) groups is 2. The number of primary amides is 1. The van der Waals surface area contributed by atoms with Gasteiger partial charge in [0, 0.05) is 0 Å². The van der Waals surface area contributed by atoms with Gasteiger partial charge >= 0.3 is 12.1 Å². The molecule has 0 atom stereocenters. The van der Waals surface area contributed by atoms with Crippen LogP contribution in [-0.2, 0) is 0 Å². The molecule has 15 heavy (non-hydrogen) atoms. The van der Waals surface area contributed by atoms with Crippen molar-refractivity contribution in [3.63, 3.8) is 0 Å². The second kappa shape index (κ2) is 5.38. The van der Waals surface area contributed by atoms with Crippen molar-refractivity contribution in [2.45, 2.75) is 0 Å². The molecule has 6 heteroatoms. The predicted molar refractivity (Wildman–Crippen MR) is 55.3 cm³/mol. The van der Waals surface area contributed by atoms with Crippen LogP contribution in [0.4, 0.5) is 9.59 Å². The Kier molecular flexibility index (Phi) is 3.84. The number of nitrogens with zero attached hydrogens (tertiary/aromatic N) is 1. The van der Waals surface area contributed by atoms with Gasteiger partial charge in [-0.15, -0.1) is 0 Å². The van der Waals surface area contributed by atoms with Crippen molar-refractivity contribution in [3.05, 3.63) is 35.9 Å². The summed E-state index contributed by atoms with van der Waals surface area (Å²) in [5.41, 5.74) is 7.62. The molecule has 0 radical (unpaired) electrons. The first-order chi connectivity index (χ1) is 7.18. The number of amides is 4. The lowest BCUT2D eigenvalue weighted by Crippen LogP contribution is -2.40. The van der Waals surface area contributed by atoms with Gasteiger partial charge in [0.05, 0.1) is 6.21 Å². The Labute approximate surface area is 86.2 Å². The zero-order valence-electron chi connectivity index (χ0n) is 7.81. The Hall–Kier alpha value is -2.37. The summed E-state index contributed by atoms with van der Waals surface area (Å²) < 4.78 is 0. The highest BCUT2D eigenvalue weighted by Crippen LogP contribution is 1.92. The minimum Gasteiger partial charge on any atom is -0.351 e. The monoisotopic (exact) mass is 206 g/mol. The van der Waals surface area contributed by atoms with Gasteiger partial charge in [-0.3, -0.25) is 5.32 Å². The second-order valence-electron chi connectivity index (χ2n) is 2.60. The first kappa shape index (κ1) is 10.7. The quantitative estimate of drug-likeness (QED) is 0.482. The molecule has 1 aromatic carbocycles. The average Bonchev–Trinajstić information content (AvgIpc) is 2.18. The zero-order chi connectivity index (χ0) is 11.1. The summed E-state index contributed by atoms with van der Waals surface area (Å²) in [4.78, 5) is 21.0. The predicted octanol–water partition coefficient (Wildman–Crippen LogP) is 0.398. The Morgan fingerprint density at radius 2 is 1.93 bits per heavy atom. The SMILES string of the molecule is NC(=O)NC(=O)NN=Cc1ccccc1. The van der Waals surface area contributed by atoms with E-state index in [4.69, 9.17) is 5.73 Å². The number of hydrazone groups is 1. The lowest BCUT2D eigenvalue weighted by molar-refractivity contribution is 0.232. The molecule has 4 N–H and O–H groups in total. The van der Waals surface area contributed by atoms with E-state index in [9.17, 15) is 9.59 Å². The maximum Gasteiger partial charge on any atom is 0.343 e. The summed E-state index contributed by atoms with van der Waals surface area (Å²) in [5.74, 6) is 0. The Bertz CT molecular complexity index is 375. The van der Waals surface area contributed by atoms with Crippen LogP contribution in [0.1, 0.15) is 5.56 Å². The molecule has 0 saturated carbocycles. The van der Waals surface area contributed by atoms with Crippen LogP contribution in [0.15, 0.2) is 35.4 Å². The standard InChI is InChI=1S/C9H10N4O2/c10-8(14)12-9(15)13-11-6-7-4-2-1-3-5-7/h1-6H,(H4,10,12,13,14,15). The van der Waals surface area contributed by atoms with Crippen molar-refractivity contribution in [1.29, 1.82) is 0 Å². The molecule has 0 aliphatic rings. The molecular weight excluding hydrogens is 196 g/mol. The molecule has 6 nitrogen and oxygen atoms in total. The van der Waals surface area contributed by atoms with Crippen molar-refractivity contribution < 1.29 is 9.59 Å². The lowest BCUT2D eigenvalue weighted by atomic mass is 10.2. The fourth-order valence-electron chi connectivity index (χ4n) is 0.844. The maximum absolute atomic E-state index is 10.8. The van der Waals surface area contributed by atoms with E-state index in [1.807, 2.05) is 30.3 Å². The van der Waals surface area contributed by atoms with E-state index in [-0.39, 0.29) is 0 Å². The number of hydrogen-bond donors (Lipinski definition) is 3. The minimum atomic E-state index is -0.928. The van der Waals surface area contributed by atoms with Gasteiger partial charge in [0.1, 0.15) is 0 Å². The van der Waals surface area contributed by atoms with E-state index in [0.29, 0.717) is 0 Å². The van der Waals surface area contributed by atoms with E-state index in [0.717, 1.165) is 5.56 Å². The molecule has 4 amide bonds. The molecule has 1 aromatic rings. The highest BCUT2D eigenvalue weighted by molar-refractivity contribution is 5.92. The van der Waals surface area contributed by atoms with Gasteiger partial charge in [-0.2, -0.15) is 5.10 Å². The van der Waals surface area contributed by atoms with Crippen LogP contribution in [0.25, 0.3) is 0 Å². The first-order valence-corrected chi connectivity index (χ1v) is 4.13. The Morgan fingerprint density at radius 3 is 2.53 bits per heavy atom. The van der Waals surface area contributed by atoms with Crippen LogP contribution in [0, 0.1) is 0 Å². The van der Waals surface area contributed by atoms with Gasteiger partial charge in [0.25, 0.3) is 0 Å². The Morgan fingerprint density at radius 1 is 1.27 bits per heavy atom. The molecule has 0 fully saturated rings. The fourth-order valence-corrected chi connectivity index (χ4v) is 0.844. The van der Waals surface area contributed by atoms with Gasteiger partial charge < -0.3 is 5.73 Å². The average molecular weight is 206 g/mol. The summed E-state index contributed by atoms with van der Waals surface area (Å²) in [6.45, 7) is 0. The van der Waals surface area contributed by atoms with Crippen LogP contribution in [-0.4, -0.2) is 18.3 Å². The van der Waals surface area contributed by atoms with Crippen LogP contribution in [0.5, 0.6) is 0 Å². The minimum absolute atomic E-state index is 0.769. The van der Waals surface area contributed by atoms with Crippen molar-refractivity contribution in [2.75, 3.05) is 0 Å². The number of nitrogens with one attached hydrogen (secondary N) is 2. The Balaban J connectivity index is 2.40. The number of benzene rings is 1. The largest absolute Gasteiger partial charge is 0.351 e. The third-order valence-corrected chi connectivity index (χ3v) is 1.42. The van der Waals surface area contributed by atoms with Crippen LogP contribution in [0.2, 0.25) is 0 Å².